The van der Waals surface area contributed by atoms with E-state index in [0.717, 1.165) is 63.2 Å². The number of rotatable bonds is 2. The molecular formula is C18H24N4O2. The Balaban J connectivity index is 1.40. The number of carbonyl (C=O) groups is 1. The van der Waals surface area contributed by atoms with Crippen molar-refractivity contribution in [2.75, 3.05) is 44.2 Å². The third-order valence-corrected chi connectivity index (χ3v) is 5.08. The Kier molecular flexibility index (Phi) is 4.14. The molecule has 0 spiro atoms. The number of piperazine rings is 1. The van der Waals surface area contributed by atoms with Gasteiger partial charge in [0.05, 0.1) is 0 Å². The number of fused-ring (bicyclic) bond motifs is 1. The SMILES string of the molecule is Cc1ccc2oc(N3CCN(C(=O)C4CCNCC4)CC3)nc2c1. The van der Waals surface area contributed by atoms with E-state index in [1.54, 1.807) is 0 Å². The largest absolute Gasteiger partial charge is 0.423 e. The number of oxazole rings is 1. The van der Waals surface area contributed by atoms with Crippen LogP contribution in [-0.2, 0) is 4.79 Å². The van der Waals surface area contributed by atoms with Crippen LogP contribution in [0.2, 0.25) is 0 Å². The molecule has 3 heterocycles. The first kappa shape index (κ1) is 15.4. The number of carbonyl (C=O) groups excluding carboxylic acids is 1. The lowest BCUT2D eigenvalue weighted by atomic mass is 9.96. The van der Waals surface area contributed by atoms with Crippen LogP contribution in [0.15, 0.2) is 22.6 Å². The van der Waals surface area contributed by atoms with E-state index in [0.29, 0.717) is 11.9 Å². The van der Waals surface area contributed by atoms with Crippen molar-refractivity contribution in [2.45, 2.75) is 19.8 Å². The maximum atomic E-state index is 12.6. The summed E-state index contributed by atoms with van der Waals surface area (Å²) in [5.74, 6) is 0.523. The lowest BCUT2D eigenvalue weighted by molar-refractivity contribution is -0.136. The number of nitrogens with one attached hydrogen (secondary N) is 1. The fourth-order valence-corrected chi connectivity index (χ4v) is 3.61. The van der Waals surface area contributed by atoms with Crippen LogP contribution >= 0.6 is 0 Å². The van der Waals surface area contributed by atoms with E-state index >= 15 is 0 Å². The van der Waals surface area contributed by atoms with Crippen molar-refractivity contribution in [3.8, 4) is 0 Å². The summed E-state index contributed by atoms with van der Waals surface area (Å²) < 4.78 is 5.88. The molecule has 24 heavy (non-hydrogen) atoms. The van der Waals surface area contributed by atoms with Gasteiger partial charge < -0.3 is 19.5 Å². The summed E-state index contributed by atoms with van der Waals surface area (Å²) in [6.45, 7) is 7.03. The Hall–Kier alpha value is -2.08. The Bertz CT molecular complexity index is 728. The molecule has 1 amide bonds. The van der Waals surface area contributed by atoms with Gasteiger partial charge in [-0.15, -0.1) is 0 Å². The van der Waals surface area contributed by atoms with Gasteiger partial charge in [0.1, 0.15) is 5.52 Å². The number of piperidine rings is 1. The number of anilines is 1. The molecule has 0 bridgehead atoms. The van der Waals surface area contributed by atoms with Gasteiger partial charge in [0, 0.05) is 32.1 Å². The molecule has 1 N–H and O–H groups in total. The van der Waals surface area contributed by atoms with Gasteiger partial charge in [0.2, 0.25) is 5.91 Å². The summed E-state index contributed by atoms with van der Waals surface area (Å²) in [5.41, 5.74) is 2.90. The molecule has 2 fully saturated rings. The van der Waals surface area contributed by atoms with Gasteiger partial charge in [-0.25, -0.2) is 0 Å². The summed E-state index contributed by atoms with van der Waals surface area (Å²) in [6.07, 6.45) is 1.92. The van der Waals surface area contributed by atoms with Crippen LogP contribution in [0.25, 0.3) is 11.1 Å². The number of amides is 1. The van der Waals surface area contributed by atoms with Gasteiger partial charge in [0.15, 0.2) is 5.58 Å². The van der Waals surface area contributed by atoms with E-state index in [4.69, 9.17) is 4.42 Å². The lowest BCUT2D eigenvalue weighted by Gasteiger charge is -2.36. The first-order valence-electron chi connectivity index (χ1n) is 8.82. The molecule has 0 radical (unpaired) electrons. The van der Waals surface area contributed by atoms with Crippen LogP contribution < -0.4 is 10.2 Å². The highest BCUT2D eigenvalue weighted by Gasteiger charge is 2.29. The molecule has 2 aliphatic heterocycles. The van der Waals surface area contributed by atoms with Crippen molar-refractivity contribution >= 4 is 23.0 Å². The highest BCUT2D eigenvalue weighted by atomic mass is 16.4. The molecular weight excluding hydrogens is 304 g/mol. The standard InChI is InChI=1S/C18H24N4O2/c1-13-2-3-16-15(12-13)20-18(24-16)22-10-8-21(9-11-22)17(23)14-4-6-19-7-5-14/h2-3,12,14,19H,4-11H2,1H3. The first-order chi connectivity index (χ1) is 11.7. The van der Waals surface area contributed by atoms with Crippen LogP contribution in [0.4, 0.5) is 6.01 Å². The highest BCUT2D eigenvalue weighted by Crippen LogP contribution is 2.24. The topological polar surface area (TPSA) is 61.6 Å². The second-order valence-corrected chi connectivity index (χ2v) is 6.80. The van der Waals surface area contributed by atoms with Crippen LogP contribution in [0.5, 0.6) is 0 Å². The summed E-state index contributed by atoms with van der Waals surface area (Å²) in [6, 6.07) is 6.72. The van der Waals surface area contributed by atoms with E-state index in [9.17, 15) is 4.79 Å². The van der Waals surface area contributed by atoms with Crippen molar-refractivity contribution in [1.29, 1.82) is 0 Å². The predicted molar refractivity (Wildman–Crippen MR) is 93.1 cm³/mol. The van der Waals surface area contributed by atoms with Crippen molar-refractivity contribution in [3.63, 3.8) is 0 Å². The van der Waals surface area contributed by atoms with Crippen LogP contribution in [0.3, 0.4) is 0 Å². The molecule has 0 aliphatic carbocycles. The normalized spacial score (nSPS) is 19.9. The maximum Gasteiger partial charge on any atom is 0.298 e. The zero-order chi connectivity index (χ0) is 16.5. The minimum atomic E-state index is 0.199. The van der Waals surface area contributed by atoms with Gasteiger partial charge in [0.25, 0.3) is 6.01 Å². The van der Waals surface area contributed by atoms with Gasteiger partial charge in [-0.2, -0.15) is 4.98 Å². The van der Waals surface area contributed by atoms with Crippen molar-refractivity contribution < 1.29 is 9.21 Å². The number of hydrogen-bond acceptors (Lipinski definition) is 5. The molecule has 2 saturated heterocycles. The average molecular weight is 328 g/mol. The minimum Gasteiger partial charge on any atom is -0.423 e. The smallest absolute Gasteiger partial charge is 0.298 e. The van der Waals surface area contributed by atoms with Crippen LogP contribution in [-0.4, -0.2) is 55.1 Å². The van der Waals surface area contributed by atoms with Crippen LogP contribution in [0, 0.1) is 12.8 Å². The molecule has 4 rings (SSSR count). The zero-order valence-corrected chi connectivity index (χ0v) is 14.1. The third kappa shape index (κ3) is 2.98. The summed E-state index contributed by atoms with van der Waals surface area (Å²) >= 11 is 0. The molecule has 0 saturated carbocycles. The first-order valence-corrected chi connectivity index (χ1v) is 8.82. The molecule has 2 aromatic rings. The monoisotopic (exact) mass is 328 g/mol. The Labute approximate surface area is 141 Å². The Morgan fingerprint density at radius 3 is 2.71 bits per heavy atom. The van der Waals surface area contributed by atoms with Crippen molar-refractivity contribution in [1.82, 2.24) is 15.2 Å². The predicted octanol–water partition coefficient (Wildman–Crippen LogP) is 1.78. The number of hydrogen-bond donors (Lipinski definition) is 1. The van der Waals surface area contributed by atoms with Gasteiger partial charge in [-0.1, -0.05) is 6.07 Å². The molecule has 0 unspecified atom stereocenters. The maximum absolute atomic E-state index is 12.6. The molecule has 1 aromatic heterocycles. The fraction of sp³-hybridized carbons (Fsp3) is 0.556. The van der Waals surface area contributed by atoms with E-state index in [1.807, 2.05) is 23.1 Å². The quantitative estimate of drug-likeness (QED) is 0.911. The Morgan fingerprint density at radius 1 is 1.21 bits per heavy atom. The van der Waals surface area contributed by atoms with Crippen molar-refractivity contribution in [2.24, 2.45) is 5.92 Å². The Morgan fingerprint density at radius 2 is 1.96 bits per heavy atom. The lowest BCUT2D eigenvalue weighted by Crippen LogP contribution is -2.51. The van der Waals surface area contributed by atoms with E-state index in [-0.39, 0.29) is 5.92 Å². The minimum absolute atomic E-state index is 0.199. The summed E-state index contributed by atoms with van der Waals surface area (Å²) in [4.78, 5) is 21.4. The van der Waals surface area contributed by atoms with E-state index in [2.05, 4.69) is 22.1 Å². The second kappa shape index (κ2) is 6.43. The average Bonchev–Trinajstić information content (AvgIpc) is 3.05. The highest BCUT2D eigenvalue weighted by molar-refractivity contribution is 5.79. The number of benzene rings is 1. The van der Waals surface area contributed by atoms with E-state index < -0.39 is 0 Å². The molecule has 1 aromatic carbocycles. The molecule has 128 valence electrons. The zero-order valence-electron chi connectivity index (χ0n) is 14.1. The molecule has 6 nitrogen and oxygen atoms in total. The van der Waals surface area contributed by atoms with Gasteiger partial charge >= 0.3 is 0 Å². The molecule has 0 atom stereocenters. The van der Waals surface area contributed by atoms with Crippen molar-refractivity contribution in [3.05, 3.63) is 23.8 Å². The molecule has 2 aliphatic rings. The van der Waals surface area contributed by atoms with Crippen LogP contribution in [0.1, 0.15) is 18.4 Å². The number of nitrogens with zero attached hydrogens (tertiary/aromatic N) is 3. The summed E-state index contributed by atoms with van der Waals surface area (Å²) in [5, 5.41) is 3.32. The van der Waals surface area contributed by atoms with E-state index in [1.165, 1.54) is 5.56 Å². The van der Waals surface area contributed by atoms with Gasteiger partial charge in [-0.05, 0) is 50.6 Å². The summed E-state index contributed by atoms with van der Waals surface area (Å²) in [7, 11) is 0. The van der Waals surface area contributed by atoms with Gasteiger partial charge in [-0.3, -0.25) is 4.79 Å². The fourth-order valence-electron chi connectivity index (χ4n) is 3.61. The number of aryl methyl sites for hydroxylation is 1. The second-order valence-electron chi connectivity index (χ2n) is 6.80. The third-order valence-electron chi connectivity index (χ3n) is 5.08. The number of aromatic nitrogens is 1. The molecule has 6 heteroatoms.